The van der Waals surface area contributed by atoms with Gasteiger partial charge in [0.15, 0.2) is 6.10 Å². The number of esters is 1. The Hall–Kier alpha value is -3.48. The van der Waals surface area contributed by atoms with Gasteiger partial charge >= 0.3 is 5.97 Å². The van der Waals surface area contributed by atoms with Gasteiger partial charge in [-0.05, 0) is 50.1 Å². The highest BCUT2D eigenvalue weighted by Gasteiger charge is 2.18. The van der Waals surface area contributed by atoms with Crippen molar-refractivity contribution < 1.29 is 14.3 Å². The maximum Gasteiger partial charge on any atom is 0.308 e. The molecule has 150 valence electrons. The third-order valence-electron chi connectivity index (χ3n) is 4.58. The number of hydrogen-bond acceptors (Lipinski definition) is 5. The van der Waals surface area contributed by atoms with Crippen molar-refractivity contribution in [3.8, 4) is 0 Å². The lowest BCUT2D eigenvalue weighted by atomic mass is 10.1. The molecule has 0 spiro atoms. The van der Waals surface area contributed by atoms with E-state index >= 15 is 0 Å². The zero-order valence-electron chi connectivity index (χ0n) is 16.6. The van der Waals surface area contributed by atoms with E-state index in [1.807, 2.05) is 38.1 Å². The smallest absolute Gasteiger partial charge is 0.308 e. The van der Waals surface area contributed by atoms with E-state index < -0.39 is 18.0 Å². The first kappa shape index (κ1) is 20.3. The molecule has 0 aliphatic rings. The normalized spacial score (nSPS) is 11.8. The lowest BCUT2D eigenvalue weighted by Gasteiger charge is -2.14. The Labute approximate surface area is 168 Å². The van der Waals surface area contributed by atoms with Crippen LogP contribution in [0.5, 0.6) is 0 Å². The Morgan fingerprint density at radius 2 is 1.93 bits per heavy atom. The topological polar surface area (TPSA) is 90.3 Å². The third-order valence-corrected chi connectivity index (χ3v) is 4.58. The van der Waals surface area contributed by atoms with Gasteiger partial charge in [0.05, 0.1) is 23.7 Å². The number of carbonyl (C=O) groups excluding carboxylic acids is 2. The van der Waals surface area contributed by atoms with Crippen LogP contribution in [0.3, 0.4) is 0 Å². The van der Waals surface area contributed by atoms with Gasteiger partial charge in [0, 0.05) is 12.2 Å². The molecular formula is C22H23N3O4. The van der Waals surface area contributed by atoms with Crippen LogP contribution in [0.4, 0.5) is 5.69 Å². The van der Waals surface area contributed by atoms with Crippen molar-refractivity contribution in [1.29, 1.82) is 0 Å². The predicted octanol–water partition coefficient (Wildman–Crippen LogP) is 2.97. The monoisotopic (exact) mass is 393 g/mol. The molecule has 0 bridgehead atoms. The molecule has 0 aliphatic heterocycles. The number of nitrogens with one attached hydrogen (secondary N) is 1. The minimum absolute atomic E-state index is 0.0407. The van der Waals surface area contributed by atoms with Crippen molar-refractivity contribution in [2.24, 2.45) is 0 Å². The van der Waals surface area contributed by atoms with Gasteiger partial charge in [0.25, 0.3) is 11.5 Å². The largest absolute Gasteiger partial charge is 0.452 e. The van der Waals surface area contributed by atoms with E-state index in [0.717, 1.165) is 11.1 Å². The van der Waals surface area contributed by atoms with Crippen molar-refractivity contribution in [3.05, 3.63) is 70.3 Å². The van der Waals surface area contributed by atoms with Crippen LogP contribution in [-0.4, -0.2) is 27.5 Å². The van der Waals surface area contributed by atoms with Crippen LogP contribution in [0.15, 0.2) is 53.6 Å². The number of amides is 1. The van der Waals surface area contributed by atoms with Gasteiger partial charge in [-0.3, -0.25) is 19.0 Å². The van der Waals surface area contributed by atoms with Crippen LogP contribution >= 0.6 is 0 Å². The molecule has 3 rings (SSSR count). The first-order chi connectivity index (χ1) is 13.8. The Morgan fingerprint density at radius 3 is 2.69 bits per heavy atom. The number of carbonyl (C=O) groups is 2. The molecule has 1 atom stereocenters. The summed E-state index contributed by atoms with van der Waals surface area (Å²) in [7, 11) is 0. The fraction of sp³-hybridized carbons (Fsp3) is 0.273. The number of aryl methyl sites for hydroxylation is 3. The molecular weight excluding hydrogens is 370 g/mol. The highest BCUT2D eigenvalue weighted by atomic mass is 16.5. The Balaban J connectivity index is 1.58. The summed E-state index contributed by atoms with van der Waals surface area (Å²) in [5.74, 6) is -0.975. The molecule has 0 fully saturated rings. The Kier molecular flexibility index (Phi) is 6.07. The van der Waals surface area contributed by atoms with Crippen LogP contribution in [0.2, 0.25) is 0 Å². The average molecular weight is 393 g/mol. The zero-order valence-corrected chi connectivity index (χ0v) is 16.6. The maximum atomic E-state index is 12.6. The van der Waals surface area contributed by atoms with Gasteiger partial charge < -0.3 is 10.1 Å². The van der Waals surface area contributed by atoms with Crippen molar-refractivity contribution in [3.63, 3.8) is 0 Å². The highest BCUT2D eigenvalue weighted by Crippen LogP contribution is 2.12. The molecule has 0 saturated heterocycles. The number of benzene rings is 2. The van der Waals surface area contributed by atoms with E-state index in [2.05, 4.69) is 10.3 Å². The summed E-state index contributed by atoms with van der Waals surface area (Å²) < 4.78 is 6.57. The van der Waals surface area contributed by atoms with E-state index in [1.165, 1.54) is 17.8 Å². The van der Waals surface area contributed by atoms with Crippen molar-refractivity contribution in [2.75, 3.05) is 5.32 Å². The summed E-state index contributed by atoms with van der Waals surface area (Å²) >= 11 is 0. The first-order valence-electron chi connectivity index (χ1n) is 9.37. The lowest BCUT2D eigenvalue weighted by Crippen LogP contribution is -2.30. The minimum atomic E-state index is -0.947. The van der Waals surface area contributed by atoms with E-state index in [-0.39, 0.29) is 18.5 Å². The summed E-state index contributed by atoms with van der Waals surface area (Å²) in [4.78, 5) is 41.2. The highest BCUT2D eigenvalue weighted by molar-refractivity contribution is 5.95. The molecule has 0 aliphatic carbocycles. The van der Waals surface area contributed by atoms with Gasteiger partial charge in [0.1, 0.15) is 0 Å². The van der Waals surface area contributed by atoms with E-state index in [1.54, 1.807) is 18.2 Å². The van der Waals surface area contributed by atoms with Crippen molar-refractivity contribution in [1.82, 2.24) is 9.55 Å². The fourth-order valence-corrected chi connectivity index (χ4v) is 2.98. The summed E-state index contributed by atoms with van der Waals surface area (Å²) in [6, 6.07) is 12.7. The molecule has 2 aromatic carbocycles. The van der Waals surface area contributed by atoms with Gasteiger partial charge in [0.2, 0.25) is 0 Å². The number of para-hydroxylation sites is 1. The molecule has 0 radical (unpaired) electrons. The number of aromatic nitrogens is 2. The maximum absolute atomic E-state index is 12.6. The second-order valence-electron chi connectivity index (χ2n) is 6.96. The Bertz CT molecular complexity index is 1120. The van der Waals surface area contributed by atoms with E-state index in [9.17, 15) is 14.4 Å². The number of anilines is 1. The Morgan fingerprint density at radius 1 is 1.17 bits per heavy atom. The molecule has 0 saturated carbocycles. The quantitative estimate of drug-likeness (QED) is 0.650. The average Bonchev–Trinajstić information content (AvgIpc) is 2.68. The molecule has 1 aromatic heterocycles. The number of hydrogen-bond donors (Lipinski definition) is 1. The lowest BCUT2D eigenvalue weighted by molar-refractivity contribution is -0.153. The standard InChI is InChI=1S/C22H23N3O4/c1-14-6-4-8-17(12-14)24-21(27)16(3)29-19(26)10-11-25-13-23-20-15(2)7-5-9-18(20)22(25)28/h4-9,12-13,16H,10-11H2,1-3H3,(H,24,27). The fourth-order valence-electron chi connectivity index (χ4n) is 2.98. The van der Waals surface area contributed by atoms with Gasteiger partial charge in [-0.2, -0.15) is 0 Å². The van der Waals surface area contributed by atoms with Gasteiger partial charge in [-0.1, -0.05) is 24.3 Å². The molecule has 1 amide bonds. The molecule has 7 nitrogen and oxygen atoms in total. The van der Waals surface area contributed by atoms with Crippen LogP contribution in [0.1, 0.15) is 24.5 Å². The van der Waals surface area contributed by atoms with Crippen LogP contribution in [-0.2, 0) is 20.9 Å². The van der Waals surface area contributed by atoms with Crippen LogP contribution in [0, 0.1) is 13.8 Å². The van der Waals surface area contributed by atoms with Crippen LogP contribution < -0.4 is 10.9 Å². The van der Waals surface area contributed by atoms with Gasteiger partial charge in [-0.15, -0.1) is 0 Å². The number of rotatable bonds is 6. The molecule has 3 aromatic rings. The number of ether oxygens (including phenoxy) is 1. The molecule has 1 N–H and O–H groups in total. The summed E-state index contributed by atoms with van der Waals surface area (Å²) in [5, 5.41) is 3.22. The summed E-state index contributed by atoms with van der Waals surface area (Å²) in [6.07, 6.45) is 0.442. The van der Waals surface area contributed by atoms with E-state index in [0.29, 0.717) is 16.6 Å². The van der Waals surface area contributed by atoms with E-state index in [4.69, 9.17) is 4.74 Å². The second-order valence-corrected chi connectivity index (χ2v) is 6.96. The molecule has 29 heavy (non-hydrogen) atoms. The first-order valence-corrected chi connectivity index (χ1v) is 9.37. The second kappa shape index (κ2) is 8.68. The number of fused-ring (bicyclic) bond motifs is 1. The molecule has 1 heterocycles. The van der Waals surface area contributed by atoms with Crippen LogP contribution in [0.25, 0.3) is 10.9 Å². The SMILES string of the molecule is Cc1cccc(NC(=O)C(C)OC(=O)CCn2cnc3c(C)cccc3c2=O)c1. The summed E-state index contributed by atoms with van der Waals surface area (Å²) in [6.45, 7) is 5.44. The van der Waals surface area contributed by atoms with Crippen molar-refractivity contribution >= 4 is 28.5 Å². The molecule has 1 unspecified atom stereocenters. The van der Waals surface area contributed by atoms with Crippen molar-refractivity contribution in [2.45, 2.75) is 39.8 Å². The zero-order chi connectivity index (χ0) is 21.0. The van der Waals surface area contributed by atoms with Gasteiger partial charge in [-0.25, -0.2) is 4.98 Å². The summed E-state index contributed by atoms with van der Waals surface area (Å²) in [5.41, 5.74) is 3.01. The molecule has 7 heteroatoms. The number of nitrogens with zero attached hydrogens (tertiary/aromatic N) is 2. The third kappa shape index (κ3) is 4.87. The minimum Gasteiger partial charge on any atom is -0.452 e. The predicted molar refractivity (Wildman–Crippen MR) is 111 cm³/mol.